The quantitative estimate of drug-likeness (QED) is 0.130. The van der Waals surface area contributed by atoms with Gasteiger partial charge in [-0.1, -0.05) is 20.8 Å². The van der Waals surface area contributed by atoms with Crippen LogP contribution in [0.2, 0.25) is 0 Å². The zero-order valence-electron chi connectivity index (χ0n) is 22.5. The van der Waals surface area contributed by atoms with Gasteiger partial charge in [0.1, 0.15) is 17.9 Å². The average molecular weight is 500 g/mol. The van der Waals surface area contributed by atoms with E-state index < -0.39 is 0 Å². The third-order valence-electron chi connectivity index (χ3n) is 5.96. The molecule has 4 rings (SSSR count). The van der Waals surface area contributed by atoms with Crippen molar-refractivity contribution in [2.24, 2.45) is 5.92 Å². The monoisotopic (exact) mass is 499 g/mol. The molecule has 0 amide bonds. The van der Waals surface area contributed by atoms with Gasteiger partial charge in [0.05, 0.1) is 11.2 Å². The molecule has 2 aromatic carbocycles. The van der Waals surface area contributed by atoms with Crippen LogP contribution in [-0.4, -0.2) is 31.5 Å². The lowest BCUT2D eigenvalue weighted by molar-refractivity contribution is -0.107. The normalized spacial score (nSPS) is 15.9. The van der Waals surface area contributed by atoms with E-state index in [2.05, 4.69) is 34.8 Å². The molecule has 1 heterocycles. The Labute approximate surface area is 215 Å². The van der Waals surface area contributed by atoms with Crippen molar-refractivity contribution in [3.63, 3.8) is 0 Å². The number of rotatable bonds is 8. The molecular formula is C30H43F2N3O. The van der Waals surface area contributed by atoms with Crippen LogP contribution in [0, 0.1) is 24.5 Å². The summed E-state index contributed by atoms with van der Waals surface area (Å²) in [4.78, 5) is 12.7. The summed E-state index contributed by atoms with van der Waals surface area (Å²) in [5, 5.41) is 7.44. The smallest absolute Gasteiger partial charge is 0.147 e. The molecule has 0 aliphatic heterocycles. The van der Waals surface area contributed by atoms with Crippen molar-refractivity contribution in [3.05, 3.63) is 72.3 Å². The second-order valence-electron chi connectivity index (χ2n) is 8.56. The SMILES string of the molecule is C=C.CC.CCCC=O.CNCNCC1CC(c2c(-c3ccc(F)cc3)[nH]c3c(F)cc(C)cc23)C1. The standard InChI is InChI=1S/C22H25F2N3.C4H8O.C2H6.C2H4/c1-13-7-18-20(16-9-14(10-16)11-26-12-25-2)21(27-22(18)19(24)8-13)15-3-5-17(23)6-4-15;1-2-3-4-5;2*1-2/h3-8,14,16,25-27H,9-12H2,1-2H3;4H,2-3H2,1H3;1-2H3;1-2H2. The van der Waals surface area contributed by atoms with Gasteiger partial charge in [-0.15, -0.1) is 13.2 Å². The minimum atomic E-state index is -0.266. The average Bonchev–Trinajstić information content (AvgIpc) is 3.23. The number of fused-ring (bicyclic) bond motifs is 1. The third-order valence-corrected chi connectivity index (χ3v) is 5.96. The minimum Gasteiger partial charge on any atom is -0.352 e. The van der Waals surface area contributed by atoms with Gasteiger partial charge in [-0.3, -0.25) is 0 Å². The number of H-pyrrole nitrogens is 1. The molecule has 1 aromatic heterocycles. The van der Waals surface area contributed by atoms with Gasteiger partial charge < -0.3 is 20.4 Å². The summed E-state index contributed by atoms with van der Waals surface area (Å²) in [5.41, 5.74) is 4.45. The van der Waals surface area contributed by atoms with E-state index in [-0.39, 0.29) is 11.6 Å². The Kier molecular flexibility index (Phi) is 14.5. The Morgan fingerprint density at radius 2 is 1.75 bits per heavy atom. The van der Waals surface area contributed by atoms with E-state index in [1.807, 2.05) is 34.7 Å². The van der Waals surface area contributed by atoms with Crippen molar-refractivity contribution in [1.29, 1.82) is 0 Å². The van der Waals surface area contributed by atoms with Gasteiger partial charge in [0.15, 0.2) is 0 Å². The summed E-state index contributed by atoms with van der Waals surface area (Å²) in [6, 6.07) is 10.1. The molecule has 6 heteroatoms. The minimum absolute atomic E-state index is 0.230. The number of aromatic amines is 1. The van der Waals surface area contributed by atoms with Crippen LogP contribution in [0.15, 0.2) is 49.6 Å². The molecule has 1 aliphatic carbocycles. The van der Waals surface area contributed by atoms with Gasteiger partial charge in [-0.25, -0.2) is 8.78 Å². The van der Waals surface area contributed by atoms with Gasteiger partial charge >= 0.3 is 0 Å². The zero-order chi connectivity index (χ0) is 27.1. The summed E-state index contributed by atoms with van der Waals surface area (Å²) < 4.78 is 28.0. The van der Waals surface area contributed by atoms with Crippen LogP contribution in [0.5, 0.6) is 0 Å². The molecule has 1 fully saturated rings. The number of nitrogens with one attached hydrogen (secondary N) is 3. The van der Waals surface area contributed by atoms with E-state index in [4.69, 9.17) is 0 Å². The van der Waals surface area contributed by atoms with E-state index in [0.29, 0.717) is 23.8 Å². The van der Waals surface area contributed by atoms with Crippen molar-refractivity contribution in [3.8, 4) is 11.3 Å². The lowest BCUT2D eigenvalue weighted by Gasteiger charge is -2.36. The Balaban J connectivity index is 0.000000634. The molecule has 3 N–H and O–H groups in total. The molecule has 0 spiro atoms. The van der Waals surface area contributed by atoms with E-state index in [1.165, 1.54) is 17.7 Å². The van der Waals surface area contributed by atoms with Gasteiger partial charge in [0.25, 0.3) is 0 Å². The number of aryl methyl sites for hydroxylation is 1. The third kappa shape index (κ3) is 8.38. The zero-order valence-corrected chi connectivity index (χ0v) is 22.5. The van der Waals surface area contributed by atoms with Crippen LogP contribution in [0.3, 0.4) is 0 Å². The molecule has 0 saturated heterocycles. The number of carbonyl (C=O) groups is 1. The molecule has 1 saturated carbocycles. The largest absolute Gasteiger partial charge is 0.352 e. The maximum Gasteiger partial charge on any atom is 0.147 e. The highest BCUT2D eigenvalue weighted by Crippen LogP contribution is 2.48. The predicted molar refractivity (Wildman–Crippen MR) is 149 cm³/mol. The topological polar surface area (TPSA) is 56.9 Å². The fourth-order valence-electron chi connectivity index (χ4n) is 4.33. The van der Waals surface area contributed by atoms with E-state index in [0.717, 1.165) is 61.0 Å². The maximum absolute atomic E-state index is 14.6. The first-order valence-corrected chi connectivity index (χ1v) is 12.8. The van der Waals surface area contributed by atoms with Crippen LogP contribution >= 0.6 is 0 Å². The Bertz CT molecular complexity index is 1040. The number of benzene rings is 2. The van der Waals surface area contributed by atoms with Crippen molar-refractivity contribution < 1.29 is 13.6 Å². The number of unbranched alkanes of at least 4 members (excludes halogenated alkanes) is 1. The molecule has 0 radical (unpaired) electrons. The molecule has 4 nitrogen and oxygen atoms in total. The first-order chi connectivity index (χ1) is 17.5. The van der Waals surface area contributed by atoms with Gasteiger partial charge in [-0.05, 0) is 105 Å². The molecule has 198 valence electrons. The Morgan fingerprint density at radius 1 is 1.11 bits per heavy atom. The second kappa shape index (κ2) is 16.8. The van der Waals surface area contributed by atoms with E-state index in [9.17, 15) is 13.6 Å². The van der Waals surface area contributed by atoms with Crippen molar-refractivity contribution >= 4 is 17.2 Å². The molecular weight excluding hydrogens is 456 g/mol. The van der Waals surface area contributed by atoms with Crippen LogP contribution in [0.4, 0.5) is 8.78 Å². The van der Waals surface area contributed by atoms with Crippen LogP contribution in [0.1, 0.15) is 63.5 Å². The van der Waals surface area contributed by atoms with Gasteiger partial charge in [0.2, 0.25) is 0 Å². The lowest BCUT2D eigenvalue weighted by Crippen LogP contribution is -2.35. The van der Waals surface area contributed by atoms with Crippen LogP contribution in [0.25, 0.3) is 22.2 Å². The fourth-order valence-corrected chi connectivity index (χ4v) is 4.33. The van der Waals surface area contributed by atoms with Crippen molar-refractivity contribution in [2.75, 3.05) is 20.3 Å². The number of halogens is 2. The lowest BCUT2D eigenvalue weighted by atomic mass is 9.70. The summed E-state index contributed by atoms with van der Waals surface area (Å²) in [7, 11) is 1.92. The first kappa shape index (κ1) is 31.2. The van der Waals surface area contributed by atoms with Gasteiger partial charge in [-0.2, -0.15) is 0 Å². The molecule has 3 aromatic rings. The van der Waals surface area contributed by atoms with Crippen LogP contribution < -0.4 is 10.6 Å². The molecule has 1 aliphatic rings. The summed E-state index contributed by atoms with van der Waals surface area (Å²) >= 11 is 0. The van der Waals surface area contributed by atoms with Crippen molar-refractivity contribution in [1.82, 2.24) is 15.6 Å². The number of aldehydes is 1. The highest BCUT2D eigenvalue weighted by molar-refractivity contribution is 5.92. The predicted octanol–water partition coefficient (Wildman–Crippen LogP) is 7.50. The van der Waals surface area contributed by atoms with Gasteiger partial charge in [0, 0.05) is 18.5 Å². The Hall–Kier alpha value is -2.83. The van der Waals surface area contributed by atoms with E-state index in [1.54, 1.807) is 18.2 Å². The molecule has 0 bridgehead atoms. The summed E-state index contributed by atoms with van der Waals surface area (Å²) in [6.45, 7) is 15.7. The number of hydrogen-bond acceptors (Lipinski definition) is 3. The van der Waals surface area contributed by atoms with Crippen LogP contribution in [-0.2, 0) is 4.79 Å². The first-order valence-electron chi connectivity index (χ1n) is 12.8. The van der Waals surface area contributed by atoms with Crippen molar-refractivity contribution in [2.45, 2.75) is 59.3 Å². The fraction of sp³-hybridized carbons (Fsp3) is 0.433. The highest BCUT2D eigenvalue weighted by atomic mass is 19.1. The summed E-state index contributed by atoms with van der Waals surface area (Å²) in [6.07, 6.45) is 4.77. The molecule has 36 heavy (non-hydrogen) atoms. The van der Waals surface area contributed by atoms with E-state index >= 15 is 0 Å². The maximum atomic E-state index is 14.6. The number of aromatic nitrogens is 1. The number of hydrogen-bond donors (Lipinski definition) is 3. The second-order valence-corrected chi connectivity index (χ2v) is 8.56. The molecule has 0 atom stereocenters. The Morgan fingerprint density at radius 3 is 2.28 bits per heavy atom. The molecule has 0 unspecified atom stereocenters. The summed E-state index contributed by atoms with van der Waals surface area (Å²) in [5.74, 6) is 0.523. The highest BCUT2D eigenvalue weighted by Gasteiger charge is 2.34. The number of carbonyl (C=O) groups excluding carboxylic acids is 1.